The normalized spacial score (nSPS) is 18.6. The van der Waals surface area contributed by atoms with Crippen molar-refractivity contribution in [3.05, 3.63) is 66.1 Å². The fraction of sp³-hybridized carbons (Fsp3) is 0.350. The number of pyridine rings is 1. The van der Waals surface area contributed by atoms with Gasteiger partial charge in [-0.15, -0.1) is 0 Å². The van der Waals surface area contributed by atoms with Crippen LogP contribution < -0.4 is 17.0 Å². The summed E-state index contributed by atoms with van der Waals surface area (Å²) in [4.78, 5) is 4.26. The summed E-state index contributed by atoms with van der Waals surface area (Å²) < 4.78 is 12.2. The van der Waals surface area contributed by atoms with E-state index in [9.17, 15) is 0 Å². The van der Waals surface area contributed by atoms with Crippen molar-refractivity contribution < 1.29 is 9.31 Å². The summed E-state index contributed by atoms with van der Waals surface area (Å²) in [7, 11) is -0.385. The Morgan fingerprint density at radius 3 is 2.26 bits per heavy atom. The van der Waals surface area contributed by atoms with E-state index in [0.29, 0.717) is 12.2 Å². The van der Waals surface area contributed by atoms with E-state index in [2.05, 4.69) is 4.98 Å². The van der Waals surface area contributed by atoms with Crippen LogP contribution in [0.2, 0.25) is 0 Å². The van der Waals surface area contributed by atoms with Crippen LogP contribution in [0.4, 0.5) is 0 Å². The molecule has 1 aliphatic rings. The fourth-order valence-electron chi connectivity index (χ4n) is 2.79. The molecule has 4 N–H and O–H groups in total. The van der Waals surface area contributed by atoms with E-state index in [4.69, 9.17) is 20.9 Å². The van der Waals surface area contributed by atoms with Crippen LogP contribution in [0.25, 0.3) is 5.70 Å². The van der Waals surface area contributed by atoms with Crippen LogP contribution in [-0.4, -0.2) is 28.3 Å². The zero-order valence-corrected chi connectivity index (χ0v) is 16.3. The molecule has 0 amide bonds. The lowest BCUT2D eigenvalue weighted by Crippen LogP contribution is -2.41. The van der Waals surface area contributed by atoms with Gasteiger partial charge in [-0.25, -0.2) is 5.84 Å². The molecule has 1 saturated heterocycles. The molecule has 6 nitrogen and oxygen atoms in total. The Hall–Kier alpha value is -2.35. The van der Waals surface area contributed by atoms with Crippen LogP contribution >= 0.6 is 0 Å². The standard InChI is InChI=1S/C20H27BN4O2/c1-19(2)20(3,4)27-21(26-19)16-10-8-15(9-11-16)18(22)14-25(23)13-17-7-5-6-12-24-17/h5-12,14H,13,22-23H2,1-4H3/b18-14-. The number of benzene rings is 1. The number of nitrogens with two attached hydrogens (primary N) is 2. The largest absolute Gasteiger partial charge is 0.494 e. The predicted octanol–water partition coefficient (Wildman–Crippen LogP) is 2.01. The number of hydrogen-bond donors (Lipinski definition) is 2. The van der Waals surface area contributed by atoms with Gasteiger partial charge in [-0.05, 0) is 50.9 Å². The highest BCUT2D eigenvalue weighted by Crippen LogP contribution is 2.36. The van der Waals surface area contributed by atoms with Gasteiger partial charge < -0.3 is 20.1 Å². The number of nitrogens with zero attached hydrogens (tertiary/aromatic N) is 2. The van der Waals surface area contributed by atoms with Crippen LogP contribution in [-0.2, 0) is 15.9 Å². The third kappa shape index (κ3) is 4.32. The van der Waals surface area contributed by atoms with Gasteiger partial charge in [0.15, 0.2) is 0 Å². The molecule has 0 bridgehead atoms. The molecule has 1 aliphatic heterocycles. The summed E-state index contributed by atoms with van der Waals surface area (Å²) in [5.74, 6) is 6.03. The molecule has 1 aromatic heterocycles. The molecule has 3 rings (SSSR count). The Labute approximate surface area is 161 Å². The summed E-state index contributed by atoms with van der Waals surface area (Å²) in [6.45, 7) is 8.64. The van der Waals surface area contributed by atoms with E-state index < -0.39 is 0 Å². The van der Waals surface area contributed by atoms with Crippen molar-refractivity contribution >= 4 is 18.3 Å². The smallest absolute Gasteiger partial charge is 0.399 e. The number of rotatable bonds is 5. The van der Waals surface area contributed by atoms with Crippen molar-refractivity contribution in [3.8, 4) is 0 Å². The Morgan fingerprint density at radius 1 is 1.07 bits per heavy atom. The lowest BCUT2D eigenvalue weighted by Gasteiger charge is -2.32. The predicted molar refractivity (Wildman–Crippen MR) is 108 cm³/mol. The molecule has 0 radical (unpaired) electrons. The van der Waals surface area contributed by atoms with Gasteiger partial charge in [0.05, 0.1) is 29.1 Å². The highest BCUT2D eigenvalue weighted by atomic mass is 16.7. The maximum absolute atomic E-state index is 6.20. The molecule has 2 heterocycles. The van der Waals surface area contributed by atoms with Crippen LogP contribution in [0.15, 0.2) is 54.9 Å². The molecule has 1 fully saturated rings. The lowest BCUT2D eigenvalue weighted by atomic mass is 9.79. The minimum absolute atomic E-state index is 0.360. The van der Waals surface area contributed by atoms with Crippen LogP contribution in [0.3, 0.4) is 0 Å². The highest BCUT2D eigenvalue weighted by Gasteiger charge is 2.51. The second-order valence-corrected chi connectivity index (χ2v) is 7.79. The van der Waals surface area contributed by atoms with Crippen LogP contribution in [0.5, 0.6) is 0 Å². The van der Waals surface area contributed by atoms with E-state index in [1.165, 1.54) is 5.01 Å². The average Bonchev–Trinajstić information content (AvgIpc) is 2.83. The first kappa shape index (κ1) is 19.4. The molecule has 0 saturated carbocycles. The zero-order chi connectivity index (χ0) is 19.7. The van der Waals surface area contributed by atoms with E-state index in [1.54, 1.807) is 12.4 Å². The second kappa shape index (κ2) is 7.35. The second-order valence-electron chi connectivity index (χ2n) is 7.79. The molecule has 0 atom stereocenters. The molecule has 0 unspecified atom stereocenters. The molecular weight excluding hydrogens is 339 g/mol. The number of hydrazine groups is 1. The Kier molecular flexibility index (Phi) is 5.28. The Balaban J connectivity index is 1.68. The maximum atomic E-state index is 6.20. The third-order valence-electron chi connectivity index (χ3n) is 5.15. The first-order chi connectivity index (χ1) is 12.7. The van der Waals surface area contributed by atoms with Crippen molar-refractivity contribution in [2.24, 2.45) is 11.6 Å². The van der Waals surface area contributed by atoms with Gasteiger partial charge >= 0.3 is 7.12 Å². The van der Waals surface area contributed by atoms with Gasteiger partial charge in [-0.2, -0.15) is 0 Å². The van der Waals surface area contributed by atoms with E-state index >= 15 is 0 Å². The summed E-state index contributed by atoms with van der Waals surface area (Å²) in [6, 6.07) is 13.5. The van der Waals surface area contributed by atoms with Gasteiger partial charge in [0.2, 0.25) is 0 Å². The number of aromatic nitrogens is 1. The summed E-state index contributed by atoms with van der Waals surface area (Å²) in [5, 5.41) is 1.53. The third-order valence-corrected chi connectivity index (χ3v) is 5.15. The topological polar surface area (TPSA) is 86.6 Å². The SMILES string of the molecule is CC1(C)OB(c2ccc(/C(N)=C/N(N)Cc3ccccn3)cc2)OC1(C)C. The minimum atomic E-state index is -0.385. The molecular formula is C20H27BN4O2. The van der Waals surface area contributed by atoms with Crippen molar-refractivity contribution in [2.75, 3.05) is 0 Å². The van der Waals surface area contributed by atoms with Gasteiger partial charge in [0.25, 0.3) is 0 Å². The fourth-order valence-corrected chi connectivity index (χ4v) is 2.79. The van der Waals surface area contributed by atoms with Crippen molar-refractivity contribution in [1.82, 2.24) is 9.99 Å². The highest BCUT2D eigenvalue weighted by molar-refractivity contribution is 6.62. The van der Waals surface area contributed by atoms with Crippen molar-refractivity contribution in [2.45, 2.75) is 45.4 Å². The molecule has 0 spiro atoms. The zero-order valence-electron chi connectivity index (χ0n) is 16.3. The van der Waals surface area contributed by atoms with E-state index in [1.807, 2.05) is 70.2 Å². The maximum Gasteiger partial charge on any atom is 0.494 e. The summed E-state index contributed by atoms with van der Waals surface area (Å²) >= 11 is 0. The molecule has 1 aromatic carbocycles. The van der Waals surface area contributed by atoms with E-state index in [0.717, 1.165) is 16.7 Å². The first-order valence-corrected chi connectivity index (χ1v) is 9.02. The first-order valence-electron chi connectivity index (χ1n) is 9.02. The van der Waals surface area contributed by atoms with Gasteiger partial charge in [-0.3, -0.25) is 4.98 Å². The average molecular weight is 366 g/mol. The van der Waals surface area contributed by atoms with Crippen molar-refractivity contribution in [3.63, 3.8) is 0 Å². The Morgan fingerprint density at radius 2 is 1.70 bits per heavy atom. The summed E-state index contributed by atoms with van der Waals surface area (Å²) in [5.41, 5.74) is 8.77. The van der Waals surface area contributed by atoms with E-state index in [-0.39, 0.29) is 18.3 Å². The van der Waals surface area contributed by atoms with Crippen LogP contribution in [0, 0.1) is 0 Å². The molecule has 2 aromatic rings. The quantitative estimate of drug-likeness (QED) is 0.478. The molecule has 0 aliphatic carbocycles. The van der Waals surface area contributed by atoms with Gasteiger partial charge in [0, 0.05) is 12.4 Å². The van der Waals surface area contributed by atoms with Crippen molar-refractivity contribution in [1.29, 1.82) is 0 Å². The molecule has 27 heavy (non-hydrogen) atoms. The lowest BCUT2D eigenvalue weighted by molar-refractivity contribution is 0.00578. The Bertz CT molecular complexity index is 790. The summed E-state index contributed by atoms with van der Waals surface area (Å²) in [6.07, 6.45) is 3.45. The van der Waals surface area contributed by atoms with Gasteiger partial charge in [-0.1, -0.05) is 30.3 Å². The van der Waals surface area contributed by atoms with Gasteiger partial charge in [0.1, 0.15) is 0 Å². The molecule has 142 valence electrons. The molecule has 7 heteroatoms. The minimum Gasteiger partial charge on any atom is -0.399 e. The monoisotopic (exact) mass is 366 g/mol. The number of hydrogen-bond acceptors (Lipinski definition) is 6. The van der Waals surface area contributed by atoms with Crippen LogP contribution in [0.1, 0.15) is 39.0 Å².